The Morgan fingerprint density at radius 2 is 2.12 bits per heavy atom. The van der Waals surface area contributed by atoms with Crippen LogP contribution in [0.3, 0.4) is 0 Å². The molecular formula is C14H18ClNO. The van der Waals surface area contributed by atoms with E-state index in [4.69, 9.17) is 11.6 Å². The van der Waals surface area contributed by atoms with Crippen LogP contribution in [0.25, 0.3) is 0 Å². The molecular weight excluding hydrogens is 234 g/mol. The third-order valence-corrected chi connectivity index (χ3v) is 3.61. The third-order valence-electron chi connectivity index (χ3n) is 3.30. The average Bonchev–Trinajstić information content (AvgIpc) is 2.38. The molecule has 3 heteroatoms. The van der Waals surface area contributed by atoms with Gasteiger partial charge in [-0.3, -0.25) is 4.79 Å². The minimum absolute atomic E-state index is 0.151. The number of rotatable bonds is 2. The monoisotopic (exact) mass is 251 g/mol. The number of benzene rings is 1. The van der Waals surface area contributed by atoms with Gasteiger partial charge in [0.2, 0.25) is 0 Å². The van der Waals surface area contributed by atoms with Crippen LogP contribution < -0.4 is 0 Å². The van der Waals surface area contributed by atoms with E-state index in [0.717, 1.165) is 30.6 Å². The number of halogens is 1. The van der Waals surface area contributed by atoms with Crippen LogP contribution >= 0.6 is 11.6 Å². The lowest BCUT2D eigenvalue weighted by atomic mass is 9.99. The molecule has 2 nitrogen and oxygen atoms in total. The summed E-state index contributed by atoms with van der Waals surface area (Å²) in [6.07, 6.45) is 2.35. The molecule has 1 amide bonds. The summed E-state index contributed by atoms with van der Waals surface area (Å²) in [5.41, 5.74) is 1.82. The Labute approximate surface area is 108 Å². The minimum Gasteiger partial charge on any atom is -0.338 e. The number of alkyl halides is 1. The van der Waals surface area contributed by atoms with Crippen LogP contribution in [-0.4, -0.2) is 23.9 Å². The molecule has 0 radical (unpaired) electrons. The van der Waals surface area contributed by atoms with E-state index in [9.17, 15) is 4.79 Å². The first-order chi connectivity index (χ1) is 8.20. The fourth-order valence-corrected chi connectivity index (χ4v) is 2.47. The van der Waals surface area contributed by atoms with Gasteiger partial charge in [-0.25, -0.2) is 0 Å². The number of hydrogen-bond donors (Lipinski definition) is 0. The van der Waals surface area contributed by atoms with E-state index in [0.29, 0.717) is 11.8 Å². The van der Waals surface area contributed by atoms with E-state index in [2.05, 4.69) is 6.92 Å². The van der Waals surface area contributed by atoms with E-state index in [1.807, 2.05) is 29.2 Å². The maximum Gasteiger partial charge on any atom is 0.253 e. The third kappa shape index (κ3) is 3.01. The summed E-state index contributed by atoms with van der Waals surface area (Å²) in [6, 6.07) is 7.60. The van der Waals surface area contributed by atoms with Gasteiger partial charge in [0.15, 0.2) is 0 Å². The lowest BCUT2D eigenvalue weighted by Gasteiger charge is -2.31. The molecule has 0 bridgehead atoms. The van der Waals surface area contributed by atoms with E-state index in [-0.39, 0.29) is 5.91 Å². The second-order valence-electron chi connectivity index (χ2n) is 4.83. The van der Waals surface area contributed by atoms with Gasteiger partial charge in [0.25, 0.3) is 5.91 Å². The van der Waals surface area contributed by atoms with Gasteiger partial charge in [0, 0.05) is 24.5 Å². The Hall–Kier alpha value is -1.02. The molecule has 0 N–H and O–H groups in total. The molecule has 0 saturated carbocycles. The molecule has 0 aromatic heterocycles. The summed E-state index contributed by atoms with van der Waals surface area (Å²) in [7, 11) is 0. The lowest BCUT2D eigenvalue weighted by Crippen LogP contribution is -2.39. The Morgan fingerprint density at radius 3 is 2.71 bits per heavy atom. The van der Waals surface area contributed by atoms with Crippen LogP contribution in [0.2, 0.25) is 0 Å². The predicted octanol–water partition coefficient (Wildman–Crippen LogP) is 3.30. The fourth-order valence-electron chi connectivity index (χ4n) is 2.29. The zero-order valence-corrected chi connectivity index (χ0v) is 10.9. The summed E-state index contributed by atoms with van der Waals surface area (Å²) in [6.45, 7) is 3.98. The van der Waals surface area contributed by atoms with Crippen LogP contribution in [0.1, 0.15) is 35.7 Å². The zero-order chi connectivity index (χ0) is 12.3. The number of piperidine rings is 1. The molecule has 1 aliphatic heterocycles. The van der Waals surface area contributed by atoms with Crippen molar-refractivity contribution in [3.05, 3.63) is 35.4 Å². The minimum atomic E-state index is 0.151. The Kier molecular flexibility index (Phi) is 4.06. The average molecular weight is 252 g/mol. The first-order valence-corrected chi connectivity index (χ1v) is 6.68. The van der Waals surface area contributed by atoms with E-state index in [1.165, 1.54) is 6.42 Å². The molecule has 0 unspecified atom stereocenters. The Bertz CT molecular complexity index is 388. The first kappa shape index (κ1) is 12.4. The highest BCUT2D eigenvalue weighted by Crippen LogP contribution is 2.18. The standard InChI is InChI=1S/C14H18ClNO/c1-11-3-2-8-16(10-11)14(17)13-6-4-12(9-15)5-7-13/h4-7,11H,2-3,8-10H2,1H3/t11-/m1/s1. The molecule has 1 saturated heterocycles. The normalized spacial score (nSPS) is 20.4. The molecule has 1 heterocycles. The number of carbonyl (C=O) groups is 1. The van der Waals surface area contributed by atoms with Gasteiger partial charge in [-0.2, -0.15) is 0 Å². The quantitative estimate of drug-likeness (QED) is 0.739. The topological polar surface area (TPSA) is 20.3 Å². The molecule has 1 aromatic carbocycles. The van der Waals surface area contributed by atoms with Gasteiger partial charge >= 0.3 is 0 Å². The van der Waals surface area contributed by atoms with Crippen LogP contribution in [0, 0.1) is 5.92 Å². The molecule has 92 valence electrons. The summed E-state index contributed by atoms with van der Waals surface area (Å²) >= 11 is 5.73. The van der Waals surface area contributed by atoms with Crippen LogP contribution in [0.5, 0.6) is 0 Å². The molecule has 1 aliphatic rings. The number of amides is 1. The second kappa shape index (κ2) is 5.54. The van der Waals surface area contributed by atoms with Gasteiger partial charge < -0.3 is 4.90 Å². The highest BCUT2D eigenvalue weighted by atomic mass is 35.5. The Balaban J connectivity index is 2.07. The largest absolute Gasteiger partial charge is 0.338 e. The van der Waals surface area contributed by atoms with E-state index in [1.54, 1.807) is 0 Å². The van der Waals surface area contributed by atoms with Crippen molar-refractivity contribution >= 4 is 17.5 Å². The van der Waals surface area contributed by atoms with Crippen LogP contribution in [0.15, 0.2) is 24.3 Å². The molecule has 0 spiro atoms. The summed E-state index contributed by atoms with van der Waals surface area (Å²) in [5, 5.41) is 0. The number of hydrogen-bond acceptors (Lipinski definition) is 1. The number of likely N-dealkylation sites (tertiary alicyclic amines) is 1. The molecule has 1 fully saturated rings. The zero-order valence-electron chi connectivity index (χ0n) is 10.2. The molecule has 2 rings (SSSR count). The second-order valence-corrected chi connectivity index (χ2v) is 5.10. The lowest BCUT2D eigenvalue weighted by molar-refractivity contribution is 0.0683. The van der Waals surface area contributed by atoms with Gasteiger partial charge in [-0.15, -0.1) is 11.6 Å². The van der Waals surface area contributed by atoms with E-state index >= 15 is 0 Å². The highest BCUT2D eigenvalue weighted by molar-refractivity contribution is 6.17. The number of carbonyl (C=O) groups excluding carboxylic acids is 1. The van der Waals surface area contributed by atoms with Crippen molar-refractivity contribution in [1.29, 1.82) is 0 Å². The molecule has 17 heavy (non-hydrogen) atoms. The van der Waals surface area contributed by atoms with Crippen molar-refractivity contribution < 1.29 is 4.79 Å². The molecule has 1 aromatic rings. The maximum absolute atomic E-state index is 12.2. The van der Waals surface area contributed by atoms with Gasteiger partial charge in [0.05, 0.1) is 0 Å². The van der Waals surface area contributed by atoms with Gasteiger partial charge in [0.1, 0.15) is 0 Å². The smallest absolute Gasteiger partial charge is 0.253 e. The molecule has 1 atom stereocenters. The van der Waals surface area contributed by atoms with Crippen molar-refractivity contribution in [3.8, 4) is 0 Å². The Morgan fingerprint density at radius 1 is 1.41 bits per heavy atom. The molecule has 0 aliphatic carbocycles. The number of nitrogens with zero attached hydrogens (tertiary/aromatic N) is 1. The maximum atomic E-state index is 12.2. The van der Waals surface area contributed by atoms with Gasteiger partial charge in [-0.05, 0) is 36.5 Å². The van der Waals surface area contributed by atoms with Crippen LogP contribution in [0.4, 0.5) is 0 Å². The van der Waals surface area contributed by atoms with Crippen LogP contribution in [-0.2, 0) is 5.88 Å². The van der Waals surface area contributed by atoms with Crippen molar-refractivity contribution in [1.82, 2.24) is 4.90 Å². The summed E-state index contributed by atoms with van der Waals surface area (Å²) in [4.78, 5) is 14.2. The van der Waals surface area contributed by atoms with Crippen molar-refractivity contribution in [2.24, 2.45) is 5.92 Å². The van der Waals surface area contributed by atoms with Crippen molar-refractivity contribution in [3.63, 3.8) is 0 Å². The van der Waals surface area contributed by atoms with Gasteiger partial charge in [-0.1, -0.05) is 19.1 Å². The van der Waals surface area contributed by atoms with E-state index < -0.39 is 0 Å². The summed E-state index contributed by atoms with van der Waals surface area (Å²) < 4.78 is 0. The highest BCUT2D eigenvalue weighted by Gasteiger charge is 2.21. The fraction of sp³-hybridized carbons (Fsp3) is 0.500. The SMILES string of the molecule is C[C@@H]1CCCN(C(=O)c2ccc(CCl)cc2)C1. The summed E-state index contributed by atoms with van der Waals surface area (Å²) in [5.74, 6) is 1.27. The first-order valence-electron chi connectivity index (χ1n) is 6.15. The predicted molar refractivity (Wildman–Crippen MR) is 70.3 cm³/mol. The van der Waals surface area contributed by atoms with Crippen molar-refractivity contribution in [2.75, 3.05) is 13.1 Å². The van der Waals surface area contributed by atoms with Crippen molar-refractivity contribution in [2.45, 2.75) is 25.6 Å².